The molecule has 146 valence electrons. The van der Waals surface area contributed by atoms with Crippen molar-refractivity contribution < 1.29 is 17.9 Å². The molecule has 0 aliphatic heterocycles. The van der Waals surface area contributed by atoms with E-state index in [1.54, 1.807) is 24.1 Å². The Labute approximate surface area is 168 Å². The van der Waals surface area contributed by atoms with E-state index in [0.717, 1.165) is 9.87 Å². The third-order valence-corrected chi connectivity index (χ3v) is 6.81. The molecule has 0 bridgehead atoms. The number of hydrogen-bond acceptors (Lipinski definition) is 4. The molecule has 0 heterocycles. The average molecular weight is 455 g/mol. The molecule has 8 heteroatoms. The summed E-state index contributed by atoms with van der Waals surface area (Å²) in [5.41, 5.74) is 1.30. The highest BCUT2D eigenvalue weighted by molar-refractivity contribution is 9.10. The molecule has 0 aromatic heterocycles. The van der Waals surface area contributed by atoms with Crippen LogP contribution in [0.2, 0.25) is 0 Å². The number of sulfonamides is 1. The van der Waals surface area contributed by atoms with Gasteiger partial charge in [-0.25, -0.2) is 12.7 Å². The lowest BCUT2D eigenvalue weighted by Crippen LogP contribution is -2.33. The molecular formula is C19H23BrN2O4S. The van der Waals surface area contributed by atoms with E-state index in [9.17, 15) is 13.2 Å². The maximum Gasteiger partial charge on any atom is 0.254 e. The van der Waals surface area contributed by atoms with Gasteiger partial charge in [-0.05, 0) is 39.7 Å². The van der Waals surface area contributed by atoms with Crippen LogP contribution in [0.25, 0.3) is 0 Å². The molecule has 0 N–H and O–H groups in total. The van der Waals surface area contributed by atoms with Gasteiger partial charge in [0.15, 0.2) is 0 Å². The van der Waals surface area contributed by atoms with Crippen LogP contribution >= 0.6 is 15.9 Å². The standard InChI is InChI=1S/C19H23BrN2O4S/c1-21(2)27(24,25)18-13-16(9-10-17(18)20)19(23)22(11-12-26-3)14-15-7-5-4-6-8-15/h4-10,13H,11-12,14H2,1-3H3. The molecule has 0 radical (unpaired) electrons. The molecule has 27 heavy (non-hydrogen) atoms. The van der Waals surface area contributed by atoms with E-state index in [1.807, 2.05) is 30.3 Å². The van der Waals surface area contributed by atoms with Gasteiger partial charge in [0.2, 0.25) is 10.0 Å². The zero-order chi connectivity index (χ0) is 20.0. The summed E-state index contributed by atoms with van der Waals surface area (Å²) in [6, 6.07) is 14.2. The molecule has 0 aliphatic carbocycles. The Balaban J connectivity index is 2.37. The summed E-state index contributed by atoms with van der Waals surface area (Å²) in [5.74, 6) is -0.251. The highest BCUT2D eigenvalue weighted by atomic mass is 79.9. The molecule has 0 saturated carbocycles. The van der Waals surface area contributed by atoms with Gasteiger partial charge in [-0.3, -0.25) is 4.79 Å². The lowest BCUT2D eigenvalue weighted by atomic mass is 10.1. The van der Waals surface area contributed by atoms with Crippen LogP contribution in [0.1, 0.15) is 15.9 Å². The minimum atomic E-state index is -3.67. The summed E-state index contributed by atoms with van der Waals surface area (Å²) < 4.78 is 31.7. The Kier molecular flexibility index (Phi) is 7.55. The van der Waals surface area contributed by atoms with E-state index in [0.29, 0.717) is 29.7 Å². The van der Waals surface area contributed by atoms with Gasteiger partial charge in [0.05, 0.1) is 11.5 Å². The van der Waals surface area contributed by atoms with Gasteiger partial charge in [0, 0.05) is 44.3 Å². The van der Waals surface area contributed by atoms with Crippen LogP contribution in [0.4, 0.5) is 0 Å². The summed E-state index contributed by atoms with van der Waals surface area (Å²) >= 11 is 3.27. The van der Waals surface area contributed by atoms with E-state index >= 15 is 0 Å². The number of rotatable bonds is 8. The first-order valence-electron chi connectivity index (χ1n) is 8.31. The van der Waals surface area contributed by atoms with Crippen molar-refractivity contribution in [2.75, 3.05) is 34.4 Å². The molecule has 0 spiro atoms. The van der Waals surface area contributed by atoms with Crippen LogP contribution in [-0.4, -0.2) is 57.9 Å². The van der Waals surface area contributed by atoms with E-state index in [4.69, 9.17) is 4.74 Å². The number of carbonyl (C=O) groups excluding carboxylic acids is 1. The van der Waals surface area contributed by atoms with Crippen LogP contribution in [0.3, 0.4) is 0 Å². The summed E-state index contributed by atoms with van der Waals surface area (Å²) in [6.45, 7) is 1.20. The first-order valence-corrected chi connectivity index (χ1v) is 10.5. The molecule has 0 saturated heterocycles. The molecule has 2 aromatic carbocycles. The average Bonchev–Trinajstić information content (AvgIpc) is 2.65. The quantitative estimate of drug-likeness (QED) is 0.614. The summed E-state index contributed by atoms with van der Waals surface area (Å²) in [6.07, 6.45) is 0. The Morgan fingerprint density at radius 3 is 2.37 bits per heavy atom. The van der Waals surface area contributed by atoms with Gasteiger partial charge in [0.1, 0.15) is 0 Å². The zero-order valence-electron chi connectivity index (χ0n) is 15.6. The number of halogens is 1. The van der Waals surface area contributed by atoms with Crippen LogP contribution in [0.15, 0.2) is 57.9 Å². The van der Waals surface area contributed by atoms with Crippen molar-refractivity contribution in [2.24, 2.45) is 0 Å². The molecule has 0 unspecified atom stereocenters. The fourth-order valence-corrected chi connectivity index (χ4v) is 4.32. The van der Waals surface area contributed by atoms with Crippen molar-refractivity contribution in [3.05, 3.63) is 64.1 Å². The van der Waals surface area contributed by atoms with Gasteiger partial charge >= 0.3 is 0 Å². The number of amides is 1. The van der Waals surface area contributed by atoms with Crippen molar-refractivity contribution in [3.8, 4) is 0 Å². The highest BCUT2D eigenvalue weighted by Crippen LogP contribution is 2.26. The molecule has 0 atom stereocenters. The number of methoxy groups -OCH3 is 1. The fraction of sp³-hybridized carbons (Fsp3) is 0.316. The molecule has 0 fully saturated rings. The Morgan fingerprint density at radius 2 is 1.78 bits per heavy atom. The fourth-order valence-electron chi connectivity index (χ4n) is 2.47. The number of hydrogen-bond donors (Lipinski definition) is 0. The number of ether oxygens (including phenoxy) is 1. The highest BCUT2D eigenvalue weighted by Gasteiger charge is 2.24. The predicted octanol–water partition coefficient (Wildman–Crippen LogP) is 2.99. The Morgan fingerprint density at radius 1 is 1.11 bits per heavy atom. The second-order valence-electron chi connectivity index (χ2n) is 6.14. The predicted molar refractivity (Wildman–Crippen MR) is 108 cm³/mol. The van der Waals surface area contributed by atoms with Crippen molar-refractivity contribution in [3.63, 3.8) is 0 Å². The first kappa shape index (κ1) is 21.6. The van der Waals surface area contributed by atoms with Crippen molar-refractivity contribution in [1.82, 2.24) is 9.21 Å². The molecule has 0 aliphatic rings. The van der Waals surface area contributed by atoms with Crippen LogP contribution in [-0.2, 0) is 21.3 Å². The Hall–Kier alpha value is -1.74. The number of carbonyl (C=O) groups is 1. The molecule has 2 aromatic rings. The number of nitrogens with zero attached hydrogens (tertiary/aromatic N) is 2. The van der Waals surface area contributed by atoms with Gasteiger partial charge in [0.25, 0.3) is 5.91 Å². The second-order valence-corrected chi connectivity index (χ2v) is 9.11. The van der Waals surface area contributed by atoms with Crippen molar-refractivity contribution in [1.29, 1.82) is 0 Å². The Bertz CT molecular complexity index is 886. The van der Waals surface area contributed by atoms with Crippen molar-refractivity contribution >= 4 is 31.9 Å². The van der Waals surface area contributed by atoms with E-state index in [1.165, 1.54) is 20.2 Å². The summed E-state index contributed by atoms with van der Waals surface area (Å²) in [5, 5.41) is 0. The lowest BCUT2D eigenvalue weighted by Gasteiger charge is -2.23. The maximum atomic E-state index is 13.1. The molecule has 1 amide bonds. The normalized spacial score (nSPS) is 11.6. The second kappa shape index (κ2) is 9.45. The van der Waals surface area contributed by atoms with Gasteiger partial charge in [-0.2, -0.15) is 0 Å². The van der Waals surface area contributed by atoms with E-state index in [-0.39, 0.29) is 10.8 Å². The SMILES string of the molecule is COCCN(Cc1ccccc1)C(=O)c1ccc(Br)c(S(=O)(=O)N(C)C)c1. The summed E-state index contributed by atoms with van der Waals surface area (Å²) in [4.78, 5) is 14.8. The van der Waals surface area contributed by atoms with Crippen LogP contribution in [0, 0.1) is 0 Å². The van der Waals surface area contributed by atoms with Gasteiger partial charge < -0.3 is 9.64 Å². The third kappa shape index (κ3) is 5.38. The number of benzene rings is 2. The minimum absolute atomic E-state index is 0.0600. The largest absolute Gasteiger partial charge is 0.383 e. The molecule has 6 nitrogen and oxygen atoms in total. The van der Waals surface area contributed by atoms with Crippen LogP contribution < -0.4 is 0 Å². The van der Waals surface area contributed by atoms with E-state index < -0.39 is 10.0 Å². The maximum absolute atomic E-state index is 13.1. The first-order chi connectivity index (χ1) is 12.8. The topological polar surface area (TPSA) is 66.9 Å². The molecule has 2 rings (SSSR count). The summed E-state index contributed by atoms with van der Waals surface area (Å²) in [7, 11) is 0.812. The van der Waals surface area contributed by atoms with Gasteiger partial charge in [-0.15, -0.1) is 0 Å². The van der Waals surface area contributed by atoms with Crippen molar-refractivity contribution in [2.45, 2.75) is 11.4 Å². The zero-order valence-corrected chi connectivity index (χ0v) is 18.0. The van der Waals surface area contributed by atoms with Crippen LogP contribution in [0.5, 0.6) is 0 Å². The minimum Gasteiger partial charge on any atom is -0.383 e. The van der Waals surface area contributed by atoms with Gasteiger partial charge in [-0.1, -0.05) is 30.3 Å². The smallest absolute Gasteiger partial charge is 0.254 e. The lowest BCUT2D eigenvalue weighted by molar-refractivity contribution is 0.0680. The van der Waals surface area contributed by atoms with E-state index in [2.05, 4.69) is 15.9 Å². The third-order valence-electron chi connectivity index (χ3n) is 4.01. The molecular weight excluding hydrogens is 432 g/mol. The monoisotopic (exact) mass is 454 g/mol.